The molecule has 5 heterocycles. The highest BCUT2D eigenvalue weighted by Gasteiger charge is 2.17. The Morgan fingerprint density at radius 3 is 2.68 bits per heavy atom. The molecule has 0 aromatic carbocycles. The summed E-state index contributed by atoms with van der Waals surface area (Å²) in [6, 6.07) is 9.04. The van der Waals surface area contributed by atoms with Crippen LogP contribution >= 0.6 is 0 Å². The second-order valence-electron chi connectivity index (χ2n) is 8.39. The van der Waals surface area contributed by atoms with Crippen LogP contribution in [0.2, 0.25) is 0 Å². The zero-order valence-corrected chi connectivity index (χ0v) is 19.1. The minimum Gasteiger partial charge on any atom is -0.390 e. The molecule has 0 spiro atoms. The summed E-state index contributed by atoms with van der Waals surface area (Å²) in [6.07, 6.45) is 5.03. The van der Waals surface area contributed by atoms with E-state index in [-0.39, 0.29) is 12.5 Å². The zero-order valence-electron chi connectivity index (χ0n) is 19.1. The summed E-state index contributed by atoms with van der Waals surface area (Å²) in [5.74, 6) is 0.957. The average Bonchev–Trinajstić information content (AvgIpc) is 3.24. The number of amides is 1. The summed E-state index contributed by atoms with van der Waals surface area (Å²) in [7, 11) is 3.88. The standard InChI is InChI=1S/C24H26N8O2/c1-30-7-9-32(10-8-30)23-11-16(5-6-25-23)24(34)29-22-12-20-17(13-26-22)3-4-19(28-20)18-14-27-31(2)21(18)15-33/h3-6,11-14,33H,7-10,15H2,1-2H3,(H,26,29,34). The number of fused-ring (bicyclic) bond motifs is 1. The highest BCUT2D eigenvalue weighted by Crippen LogP contribution is 2.25. The molecule has 1 fully saturated rings. The predicted molar refractivity (Wildman–Crippen MR) is 130 cm³/mol. The van der Waals surface area contributed by atoms with Gasteiger partial charge in [0.25, 0.3) is 5.91 Å². The molecule has 0 bridgehead atoms. The van der Waals surface area contributed by atoms with Gasteiger partial charge >= 0.3 is 0 Å². The molecule has 34 heavy (non-hydrogen) atoms. The van der Waals surface area contributed by atoms with Crippen LogP contribution in [-0.2, 0) is 13.7 Å². The molecule has 1 aliphatic rings. The molecule has 0 unspecified atom stereocenters. The van der Waals surface area contributed by atoms with E-state index < -0.39 is 0 Å². The molecule has 0 radical (unpaired) electrons. The molecular weight excluding hydrogens is 432 g/mol. The maximum atomic E-state index is 12.9. The normalized spacial score (nSPS) is 14.5. The van der Waals surface area contributed by atoms with Crippen molar-refractivity contribution < 1.29 is 9.90 Å². The number of anilines is 2. The Bertz CT molecular complexity index is 1340. The van der Waals surface area contributed by atoms with Gasteiger partial charge < -0.3 is 20.2 Å². The third-order valence-corrected chi connectivity index (χ3v) is 6.14. The maximum absolute atomic E-state index is 12.9. The van der Waals surface area contributed by atoms with Crippen molar-refractivity contribution in [2.75, 3.05) is 43.4 Å². The second kappa shape index (κ2) is 9.16. The Hall–Kier alpha value is -3.89. The molecule has 0 atom stereocenters. The van der Waals surface area contributed by atoms with Gasteiger partial charge in [0.1, 0.15) is 11.6 Å². The maximum Gasteiger partial charge on any atom is 0.257 e. The molecule has 0 saturated carbocycles. The lowest BCUT2D eigenvalue weighted by atomic mass is 10.1. The van der Waals surface area contributed by atoms with Crippen molar-refractivity contribution in [1.29, 1.82) is 0 Å². The Labute approximate surface area is 196 Å². The van der Waals surface area contributed by atoms with Gasteiger partial charge in [0.2, 0.25) is 0 Å². The smallest absolute Gasteiger partial charge is 0.257 e. The minimum atomic E-state index is -0.254. The third kappa shape index (κ3) is 4.33. The topological polar surface area (TPSA) is 112 Å². The van der Waals surface area contributed by atoms with Crippen molar-refractivity contribution in [2.24, 2.45) is 7.05 Å². The van der Waals surface area contributed by atoms with Gasteiger partial charge in [-0.05, 0) is 31.3 Å². The van der Waals surface area contributed by atoms with Crippen LogP contribution in [0.15, 0.2) is 48.9 Å². The zero-order chi connectivity index (χ0) is 23.7. The van der Waals surface area contributed by atoms with E-state index in [1.165, 1.54) is 0 Å². The molecule has 1 saturated heterocycles. The van der Waals surface area contributed by atoms with E-state index in [1.807, 2.05) is 18.2 Å². The van der Waals surface area contributed by atoms with Crippen LogP contribution in [0.25, 0.3) is 22.2 Å². The molecule has 4 aromatic rings. The molecule has 4 aromatic heterocycles. The number of carbonyl (C=O) groups excluding carboxylic acids is 1. The van der Waals surface area contributed by atoms with E-state index in [1.54, 1.807) is 42.5 Å². The summed E-state index contributed by atoms with van der Waals surface area (Å²) in [5, 5.41) is 17.6. The van der Waals surface area contributed by atoms with Gasteiger partial charge in [0, 0.05) is 68.2 Å². The molecule has 5 rings (SSSR count). The number of likely N-dealkylation sites (N-methyl/N-ethyl adjacent to an activating group) is 1. The number of aliphatic hydroxyl groups is 1. The van der Waals surface area contributed by atoms with E-state index in [0.29, 0.717) is 28.3 Å². The first-order chi connectivity index (χ1) is 16.5. The number of piperazine rings is 1. The number of rotatable bonds is 5. The van der Waals surface area contributed by atoms with Crippen molar-refractivity contribution in [3.05, 3.63) is 60.2 Å². The number of hydrogen-bond donors (Lipinski definition) is 2. The average molecular weight is 459 g/mol. The van der Waals surface area contributed by atoms with Gasteiger partial charge in [-0.25, -0.2) is 15.0 Å². The van der Waals surface area contributed by atoms with E-state index in [0.717, 1.165) is 42.9 Å². The van der Waals surface area contributed by atoms with Gasteiger partial charge in [-0.2, -0.15) is 5.10 Å². The van der Waals surface area contributed by atoms with Gasteiger partial charge in [-0.15, -0.1) is 0 Å². The number of nitrogens with one attached hydrogen (secondary N) is 1. The lowest BCUT2D eigenvalue weighted by Gasteiger charge is -2.33. The van der Waals surface area contributed by atoms with Gasteiger partial charge in [-0.3, -0.25) is 9.48 Å². The second-order valence-corrected chi connectivity index (χ2v) is 8.39. The monoisotopic (exact) mass is 458 g/mol. The third-order valence-electron chi connectivity index (χ3n) is 6.14. The van der Waals surface area contributed by atoms with Gasteiger partial charge in [0.15, 0.2) is 0 Å². The van der Waals surface area contributed by atoms with Crippen molar-refractivity contribution in [2.45, 2.75) is 6.61 Å². The fourth-order valence-corrected chi connectivity index (χ4v) is 4.06. The molecule has 174 valence electrons. The first-order valence-electron chi connectivity index (χ1n) is 11.1. The summed E-state index contributed by atoms with van der Waals surface area (Å²) >= 11 is 0. The van der Waals surface area contributed by atoms with Crippen LogP contribution in [0.3, 0.4) is 0 Å². The first kappa shape index (κ1) is 21.9. The Kier molecular flexibility index (Phi) is 5.91. The van der Waals surface area contributed by atoms with Crippen LogP contribution < -0.4 is 10.2 Å². The summed E-state index contributed by atoms with van der Waals surface area (Å²) in [6.45, 7) is 3.55. The van der Waals surface area contributed by atoms with Crippen LogP contribution in [0.5, 0.6) is 0 Å². The first-order valence-corrected chi connectivity index (χ1v) is 11.1. The fourth-order valence-electron chi connectivity index (χ4n) is 4.06. The minimum absolute atomic E-state index is 0.134. The van der Waals surface area contributed by atoms with Crippen molar-refractivity contribution in [1.82, 2.24) is 29.6 Å². The van der Waals surface area contributed by atoms with Gasteiger partial charge in [0.05, 0.1) is 29.7 Å². The largest absolute Gasteiger partial charge is 0.390 e. The quantitative estimate of drug-likeness (QED) is 0.467. The Morgan fingerprint density at radius 2 is 1.88 bits per heavy atom. The van der Waals surface area contributed by atoms with Crippen LogP contribution in [0.4, 0.5) is 11.6 Å². The summed E-state index contributed by atoms with van der Waals surface area (Å²) < 4.78 is 1.63. The van der Waals surface area contributed by atoms with Gasteiger partial charge in [-0.1, -0.05) is 0 Å². The summed E-state index contributed by atoms with van der Waals surface area (Å²) in [5.41, 5.74) is 3.35. The molecule has 1 aliphatic heterocycles. The number of aromatic nitrogens is 5. The molecule has 10 heteroatoms. The van der Waals surface area contributed by atoms with E-state index >= 15 is 0 Å². The molecule has 2 N–H and O–H groups in total. The predicted octanol–water partition coefficient (Wildman–Crippen LogP) is 1.92. The van der Waals surface area contributed by atoms with Crippen LogP contribution in [-0.4, -0.2) is 73.9 Å². The van der Waals surface area contributed by atoms with Crippen LogP contribution in [0, 0.1) is 0 Å². The Morgan fingerprint density at radius 1 is 1.06 bits per heavy atom. The number of carbonyl (C=O) groups is 1. The molecule has 0 aliphatic carbocycles. The van der Waals surface area contributed by atoms with Crippen molar-refractivity contribution in [3.63, 3.8) is 0 Å². The van der Waals surface area contributed by atoms with E-state index in [4.69, 9.17) is 4.98 Å². The number of aliphatic hydroxyl groups excluding tert-OH is 1. The number of hydrogen-bond acceptors (Lipinski definition) is 8. The van der Waals surface area contributed by atoms with Crippen molar-refractivity contribution in [3.8, 4) is 11.3 Å². The molecule has 10 nitrogen and oxygen atoms in total. The highest BCUT2D eigenvalue weighted by atomic mass is 16.3. The molecular formula is C24H26N8O2. The van der Waals surface area contributed by atoms with E-state index in [9.17, 15) is 9.90 Å². The van der Waals surface area contributed by atoms with E-state index in [2.05, 4.69) is 37.2 Å². The lowest BCUT2D eigenvalue weighted by Crippen LogP contribution is -2.44. The Balaban J connectivity index is 1.37. The highest BCUT2D eigenvalue weighted by molar-refractivity contribution is 6.04. The molecule has 1 amide bonds. The fraction of sp³-hybridized carbons (Fsp3) is 0.292. The van der Waals surface area contributed by atoms with Crippen molar-refractivity contribution >= 4 is 28.4 Å². The lowest BCUT2D eigenvalue weighted by molar-refractivity contribution is 0.102. The summed E-state index contributed by atoms with van der Waals surface area (Å²) in [4.78, 5) is 30.9. The number of pyridine rings is 3. The number of nitrogens with zero attached hydrogens (tertiary/aromatic N) is 7. The number of aryl methyl sites for hydroxylation is 1. The SMILES string of the molecule is CN1CCN(c2cc(C(=O)Nc3cc4nc(-c5cnn(C)c5CO)ccc4cn3)ccn2)CC1. The van der Waals surface area contributed by atoms with Crippen LogP contribution in [0.1, 0.15) is 16.1 Å².